The van der Waals surface area contributed by atoms with Crippen molar-refractivity contribution in [1.29, 1.82) is 0 Å². The summed E-state index contributed by atoms with van der Waals surface area (Å²) >= 11 is 0. The minimum absolute atomic E-state index is 0.587. The van der Waals surface area contributed by atoms with Crippen molar-refractivity contribution in [3.63, 3.8) is 0 Å². The Morgan fingerprint density at radius 2 is 2.13 bits per heavy atom. The topological polar surface area (TPSA) is 62.4 Å². The summed E-state index contributed by atoms with van der Waals surface area (Å²) in [6.07, 6.45) is 0. The van der Waals surface area contributed by atoms with E-state index in [0.717, 1.165) is 5.69 Å². The van der Waals surface area contributed by atoms with Crippen LogP contribution in [0, 0.1) is 13.8 Å². The van der Waals surface area contributed by atoms with Gasteiger partial charge < -0.3 is 5.32 Å². The van der Waals surface area contributed by atoms with Gasteiger partial charge in [-0.2, -0.15) is 0 Å². The number of aryl methyl sites for hydroxylation is 2. The molecule has 0 aliphatic heterocycles. The summed E-state index contributed by atoms with van der Waals surface area (Å²) in [6, 6.07) is 6.19. The third kappa shape index (κ3) is 3.25. The van der Waals surface area contributed by atoms with Crippen LogP contribution in [0.4, 0.5) is 5.69 Å². The van der Waals surface area contributed by atoms with Crippen molar-refractivity contribution in [2.24, 2.45) is 10.8 Å². The molecule has 0 aromatic heterocycles. The van der Waals surface area contributed by atoms with Gasteiger partial charge in [-0.3, -0.25) is 10.4 Å². The van der Waals surface area contributed by atoms with E-state index < -0.39 is 0 Å². The lowest BCUT2D eigenvalue weighted by molar-refractivity contribution is 0.985. The van der Waals surface area contributed by atoms with Gasteiger partial charge in [-0.05, 0) is 32.4 Å². The van der Waals surface area contributed by atoms with E-state index in [1.165, 1.54) is 11.1 Å². The predicted octanol–water partition coefficient (Wildman–Crippen LogP) is 1.55. The van der Waals surface area contributed by atoms with Crippen molar-refractivity contribution in [3.05, 3.63) is 29.3 Å². The summed E-state index contributed by atoms with van der Waals surface area (Å²) in [5.74, 6) is 5.93. The van der Waals surface area contributed by atoms with Gasteiger partial charge in [0.05, 0.1) is 0 Å². The molecule has 82 valence electrons. The summed E-state index contributed by atoms with van der Waals surface area (Å²) in [5, 5.41) is 3.14. The number of nitrogens with zero attached hydrogens (tertiary/aromatic N) is 1. The lowest BCUT2D eigenvalue weighted by Crippen LogP contribution is -2.36. The molecule has 0 amide bonds. The summed E-state index contributed by atoms with van der Waals surface area (Å²) in [5.41, 5.74) is 5.97. The second-order valence-electron chi connectivity index (χ2n) is 3.41. The number of hydrogen-bond acceptors (Lipinski definition) is 2. The monoisotopic (exact) mass is 206 g/mol. The van der Waals surface area contributed by atoms with Crippen molar-refractivity contribution in [1.82, 2.24) is 5.43 Å². The Labute approximate surface area is 90.6 Å². The first-order chi connectivity index (χ1) is 7.17. The first kappa shape index (κ1) is 11.5. The van der Waals surface area contributed by atoms with Crippen LogP contribution in [0.3, 0.4) is 0 Å². The fourth-order valence-corrected chi connectivity index (χ4v) is 1.36. The van der Waals surface area contributed by atoms with Crippen LogP contribution in [0.25, 0.3) is 0 Å². The third-order valence-electron chi connectivity index (χ3n) is 2.09. The number of benzene rings is 1. The number of hydrogen-bond donors (Lipinski definition) is 3. The van der Waals surface area contributed by atoms with Crippen LogP contribution in [0.2, 0.25) is 0 Å². The molecule has 0 aliphatic carbocycles. The molecule has 0 heterocycles. The maximum atomic E-state index is 5.34. The van der Waals surface area contributed by atoms with Gasteiger partial charge in [-0.15, -0.1) is 0 Å². The molecular weight excluding hydrogens is 188 g/mol. The number of aliphatic imine (C=N–C) groups is 1. The summed E-state index contributed by atoms with van der Waals surface area (Å²) in [4.78, 5) is 4.17. The van der Waals surface area contributed by atoms with Gasteiger partial charge in [0.1, 0.15) is 0 Å². The minimum Gasteiger partial charge on any atom is -0.325 e. The van der Waals surface area contributed by atoms with Gasteiger partial charge in [-0.25, -0.2) is 5.84 Å². The molecule has 0 spiro atoms. The third-order valence-corrected chi connectivity index (χ3v) is 2.09. The molecule has 0 saturated heterocycles. The number of hydrazine groups is 1. The van der Waals surface area contributed by atoms with E-state index in [2.05, 4.69) is 41.7 Å². The van der Waals surface area contributed by atoms with E-state index in [4.69, 9.17) is 5.84 Å². The van der Waals surface area contributed by atoms with Gasteiger partial charge in [0, 0.05) is 12.2 Å². The highest BCUT2D eigenvalue weighted by Gasteiger charge is 2.00. The molecule has 0 unspecified atom stereocenters. The van der Waals surface area contributed by atoms with Gasteiger partial charge in [0.25, 0.3) is 0 Å². The van der Waals surface area contributed by atoms with E-state index in [-0.39, 0.29) is 0 Å². The summed E-state index contributed by atoms with van der Waals surface area (Å²) < 4.78 is 0. The van der Waals surface area contributed by atoms with Crippen molar-refractivity contribution >= 4 is 11.6 Å². The van der Waals surface area contributed by atoms with E-state index >= 15 is 0 Å². The second-order valence-corrected chi connectivity index (χ2v) is 3.41. The fraction of sp³-hybridized carbons (Fsp3) is 0.364. The number of anilines is 1. The van der Waals surface area contributed by atoms with Crippen molar-refractivity contribution < 1.29 is 0 Å². The van der Waals surface area contributed by atoms with Crippen molar-refractivity contribution in [2.45, 2.75) is 20.8 Å². The quantitative estimate of drug-likeness (QED) is 0.298. The van der Waals surface area contributed by atoms with Gasteiger partial charge in [0.2, 0.25) is 5.96 Å². The smallest absolute Gasteiger partial charge is 0.210 e. The van der Waals surface area contributed by atoms with Gasteiger partial charge >= 0.3 is 0 Å². The number of nitrogens with two attached hydrogens (primary N) is 1. The Kier molecular flexibility index (Phi) is 4.12. The molecule has 4 heteroatoms. The Morgan fingerprint density at radius 3 is 2.67 bits per heavy atom. The van der Waals surface area contributed by atoms with Gasteiger partial charge in [-0.1, -0.05) is 17.7 Å². The predicted molar refractivity (Wildman–Crippen MR) is 64.8 cm³/mol. The molecule has 0 radical (unpaired) electrons. The summed E-state index contributed by atoms with van der Waals surface area (Å²) in [7, 11) is 0. The van der Waals surface area contributed by atoms with Crippen LogP contribution in [-0.4, -0.2) is 12.5 Å². The fourth-order valence-electron chi connectivity index (χ4n) is 1.36. The van der Waals surface area contributed by atoms with Crippen LogP contribution < -0.4 is 16.6 Å². The molecule has 0 saturated carbocycles. The average Bonchev–Trinajstić information content (AvgIpc) is 2.21. The van der Waals surface area contributed by atoms with E-state index in [1.807, 2.05) is 13.0 Å². The van der Waals surface area contributed by atoms with Crippen LogP contribution in [0.15, 0.2) is 23.2 Å². The maximum Gasteiger partial charge on any atom is 0.210 e. The minimum atomic E-state index is 0.587. The van der Waals surface area contributed by atoms with Crippen LogP contribution in [0.5, 0.6) is 0 Å². The Bertz CT molecular complexity index is 358. The normalized spacial score (nSPS) is 11.3. The van der Waals surface area contributed by atoms with Gasteiger partial charge in [0.15, 0.2) is 0 Å². The zero-order valence-electron chi connectivity index (χ0n) is 9.46. The zero-order valence-corrected chi connectivity index (χ0v) is 9.46. The molecule has 0 atom stereocenters. The molecule has 0 aliphatic rings. The Hall–Kier alpha value is -1.55. The SMILES string of the molecule is CCN=C(NN)Nc1ccc(C)cc1C. The lowest BCUT2D eigenvalue weighted by atomic mass is 10.1. The van der Waals surface area contributed by atoms with E-state index in [1.54, 1.807) is 0 Å². The van der Waals surface area contributed by atoms with Crippen LogP contribution >= 0.6 is 0 Å². The Balaban J connectivity index is 2.84. The molecule has 4 N–H and O–H groups in total. The second kappa shape index (κ2) is 5.36. The molecule has 1 aromatic carbocycles. The number of guanidine groups is 1. The molecule has 1 rings (SSSR count). The van der Waals surface area contributed by atoms with Crippen molar-refractivity contribution in [2.75, 3.05) is 11.9 Å². The van der Waals surface area contributed by atoms with E-state index in [0.29, 0.717) is 12.5 Å². The highest BCUT2D eigenvalue weighted by atomic mass is 15.3. The number of nitrogens with one attached hydrogen (secondary N) is 2. The first-order valence-corrected chi connectivity index (χ1v) is 5.02. The Morgan fingerprint density at radius 1 is 1.40 bits per heavy atom. The van der Waals surface area contributed by atoms with E-state index in [9.17, 15) is 0 Å². The lowest BCUT2D eigenvalue weighted by Gasteiger charge is -2.11. The molecule has 0 bridgehead atoms. The maximum absolute atomic E-state index is 5.34. The molecule has 4 nitrogen and oxygen atoms in total. The largest absolute Gasteiger partial charge is 0.325 e. The zero-order chi connectivity index (χ0) is 11.3. The number of rotatable bonds is 2. The first-order valence-electron chi connectivity index (χ1n) is 5.02. The van der Waals surface area contributed by atoms with Crippen molar-refractivity contribution in [3.8, 4) is 0 Å². The molecule has 0 fully saturated rings. The standard InChI is InChI=1S/C11H18N4/c1-4-13-11(15-12)14-10-6-5-8(2)7-9(10)3/h5-7H,4,12H2,1-3H3,(H2,13,14,15). The van der Waals surface area contributed by atoms with Crippen LogP contribution in [-0.2, 0) is 0 Å². The average molecular weight is 206 g/mol. The highest BCUT2D eigenvalue weighted by molar-refractivity contribution is 5.93. The summed E-state index contributed by atoms with van der Waals surface area (Å²) in [6.45, 7) is 6.77. The molecule has 1 aromatic rings. The molecule has 15 heavy (non-hydrogen) atoms. The van der Waals surface area contributed by atoms with Crippen LogP contribution in [0.1, 0.15) is 18.1 Å². The molecular formula is C11H18N4. The highest BCUT2D eigenvalue weighted by Crippen LogP contribution is 2.15.